The maximum Gasteiger partial charge on any atom is 0.146 e. The molecule has 2 aromatic rings. The van der Waals surface area contributed by atoms with E-state index in [1.807, 2.05) is 23.0 Å². The average molecular weight is 537 g/mol. The van der Waals surface area contributed by atoms with Crippen LogP contribution in [0.15, 0.2) is 29.5 Å². The molecule has 0 aliphatic heterocycles. The van der Waals surface area contributed by atoms with Crippen LogP contribution in [0.25, 0.3) is 21.7 Å². The van der Waals surface area contributed by atoms with E-state index in [1.54, 1.807) is 0 Å². The molecule has 0 aliphatic carbocycles. The van der Waals surface area contributed by atoms with Crippen molar-refractivity contribution in [2.75, 3.05) is 6.61 Å². The molecule has 1 aromatic heterocycles. The van der Waals surface area contributed by atoms with E-state index in [-0.39, 0.29) is 6.54 Å². The number of rotatable bonds is 16. The Morgan fingerprint density at radius 1 is 0.921 bits per heavy atom. The summed E-state index contributed by atoms with van der Waals surface area (Å²) in [5, 5.41) is 21.5. The van der Waals surface area contributed by atoms with Crippen LogP contribution in [0.4, 0.5) is 0 Å². The van der Waals surface area contributed by atoms with E-state index in [0.29, 0.717) is 23.2 Å². The van der Waals surface area contributed by atoms with E-state index in [9.17, 15) is 0 Å². The van der Waals surface area contributed by atoms with Crippen molar-refractivity contribution in [1.82, 2.24) is 15.0 Å². The number of aromatic nitrogens is 3. The van der Waals surface area contributed by atoms with Crippen molar-refractivity contribution < 1.29 is 5.11 Å². The molecule has 0 bridgehead atoms. The molecule has 8 heteroatoms. The van der Waals surface area contributed by atoms with Gasteiger partial charge < -0.3 is 5.11 Å². The number of azide groups is 1. The van der Waals surface area contributed by atoms with Gasteiger partial charge in [-0.15, -0.1) is 10.6 Å². The maximum absolute atomic E-state index is 8.87. The Kier molecular flexibility index (Phi) is 13.6. The van der Waals surface area contributed by atoms with Crippen LogP contribution < -0.4 is 0 Å². The molecule has 1 aromatic carbocycles. The number of aliphatic hydroxyl groups is 1. The van der Waals surface area contributed by atoms with Gasteiger partial charge in [0, 0.05) is 29.2 Å². The van der Waals surface area contributed by atoms with Crippen LogP contribution in [0.1, 0.15) is 104 Å². The number of hydrogen-bond acceptors (Lipinski definition) is 4. The first-order chi connectivity index (χ1) is 18.2. The molecular formula is C30H48N6OSi. The molecule has 1 heterocycles. The smallest absolute Gasteiger partial charge is 0.146 e. The Morgan fingerprint density at radius 2 is 1.53 bits per heavy atom. The molecule has 0 fully saturated rings. The number of benzene rings is 1. The third kappa shape index (κ3) is 9.30. The van der Waals surface area contributed by atoms with Crippen molar-refractivity contribution in [2.45, 2.75) is 123 Å². The topological polar surface area (TPSA) is 99.7 Å². The van der Waals surface area contributed by atoms with Gasteiger partial charge in [0.15, 0.2) is 0 Å². The summed E-state index contributed by atoms with van der Waals surface area (Å²) in [4.78, 5) is 2.95. The van der Waals surface area contributed by atoms with Crippen LogP contribution in [-0.4, -0.2) is 34.8 Å². The quantitative estimate of drug-likeness (QED) is 0.0581. The summed E-state index contributed by atoms with van der Waals surface area (Å²) in [6, 6.07) is 6.17. The first-order valence-corrected chi connectivity index (χ1v) is 16.7. The molecule has 0 radical (unpaired) electrons. The van der Waals surface area contributed by atoms with Crippen molar-refractivity contribution >= 4 is 8.07 Å². The zero-order chi connectivity index (χ0) is 28.0. The number of nitrogens with zero attached hydrogens (tertiary/aromatic N) is 6. The molecule has 2 rings (SSSR count). The summed E-state index contributed by atoms with van der Waals surface area (Å²) in [7, 11) is -1.86. The van der Waals surface area contributed by atoms with E-state index < -0.39 is 8.07 Å². The van der Waals surface area contributed by atoms with Gasteiger partial charge in [0.2, 0.25) is 0 Å². The second-order valence-corrected chi connectivity index (χ2v) is 17.0. The molecule has 0 atom stereocenters. The Bertz CT molecular complexity index is 1070. The minimum atomic E-state index is -1.86. The van der Waals surface area contributed by atoms with Crippen molar-refractivity contribution in [3.8, 4) is 22.7 Å². The molecule has 0 aliphatic rings. The minimum absolute atomic E-state index is 0.286. The molecule has 0 saturated carbocycles. The normalized spacial score (nSPS) is 11.6. The van der Waals surface area contributed by atoms with E-state index in [1.165, 1.54) is 32.1 Å². The fourth-order valence-electron chi connectivity index (χ4n) is 5.72. The van der Waals surface area contributed by atoms with Crippen molar-refractivity contribution in [3.63, 3.8) is 0 Å². The first kappa shape index (κ1) is 31.6. The summed E-state index contributed by atoms with van der Waals surface area (Å²) in [6.07, 6.45) is 11.3. The van der Waals surface area contributed by atoms with Gasteiger partial charge in [-0.05, 0) is 58.8 Å². The molecule has 0 amide bonds. The summed E-state index contributed by atoms with van der Waals surface area (Å²) in [6.45, 7) is 15.4. The van der Waals surface area contributed by atoms with Crippen molar-refractivity contribution in [1.29, 1.82) is 0 Å². The number of aliphatic hydroxyl groups excluding tert-OH is 1. The third-order valence-electron chi connectivity index (χ3n) is 7.73. The largest absolute Gasteiger partial charge is 0.396 e. The van der Waals surface area contributed by atoms with Crippen LogP contribution >= 0.6 is 0 Å². The molecule has 208 valence electrons. The van der Waals surface area contributed by atoms with Gasteiger partial charge >= 0.3 is 0 Å². The Morgan fingerprint density at radius 3 is 2.11 bits per heavy atom. The van der Waals surface area contributed by atoms with Gasteiger partial charge in [0.05, 0.1) is 12.7 Å². The zero-order valence-electron chi connectivity index (χ0n) is 24.5. The van der Waals surface area contributed by atoms with Gasteiger partial charge in [-0.3, -0.25) is 4.68 Å². The van der Waals surface area contributed by atoms with Crippen molar-refractivity contribution in [2.24, 2.45) is 5.11 Å². The number of aryl methyl sites for hydroxylation is 1. The van der Waals surface area contributed by atoms with E-state index >= 15 is 0 Å². The minimum Gasteiger partial charge on any atom is -0.396 e. The van der Waals surface area contributed by atoms with E-state index in [0.717, 1.165) is 48.2 Å². The molecular weight excluding hydrogens is 488 g/mol. The maximum atomic E-state index is 8.87. The lowest BCUT2D eigenvalue weighted by Gasteiger charge is -2.38. The summed E-state index contributed by atoms with van der Waals surface area (Å²) < 4.78 is 1.93. The highest BCUT2D eigenvalue weighted by Crippen LogP contribution is 2.40. The van der Waals surface area contributed by atoms with Crippen LogP contribution in [0.2, 0.25) is 16.6 Å². The summed E-state index contributed by atoms with van der Waals surface area (Å²) >= 11 is 0. The monoisotopic (exact) mass is 536 g/mol. The lowest BCUT2D eigenvalue weighted by Crippen LogP contribution is -2.43. The standard InChI is InChI=1S/C30H48N6OSi/c1-24(2)38(25(3)4,26(5)6)18-15-27-19-28(22-32-34-31)21-29(20-27)30-23-36(35-33-30)16-13-11-9-7-8-10-12-14-17-37/h19-21,23-26,37H,7-14,16-17,22H2,1-6H3. The second-order valence-electron chi connectivity index (χ2n) is 11.4. The number of hydrogen-bond donors (Lipinski definition) is 1. The fourth-order valence-corrected chi connectivity index (χ4v) is 10.9. The van der Waals surface area contributed by atoms with Crippen LogP contribution in [0.3, 0.4) is 0 Å². The average Bonchev–Trinajstić information content (AvgIpc) is 3.35. The van der Waals surface area contributed by atoms with E-state index in [2.05, 4.69) is 79.4 Å². The van der Waals surface area contributed by atoms with E-state index in [4.69, 9.17) is 10.6 Å². The molecule has 0 unspecified atom stereocenters. The van der Waals surface area contributed by atoms with Gasteiger partial charge in [0.25, 0.3) is 0 Å². The second kappa shape index (κ2) is 16.4. The lowest BCUT2D eigenvalue weighted by molar-refractivity contribution is 0.282. The predicted octanol–water partition coefficient (Wildman–Crippen LogP) is 8.44. The van der Waals surface area contributed by atoms with Gasteiger partial charge in [-0.1, -0.05) is 96.3 Å². The predicted molar refractivity (Wildman–Crippen MR) is 160 cm³/mol. The highest BCUT2D eigenvalue weighted by Gasteiger charge is 2.41. The number of unbranched alkanes of at least 4 members (excludes halogenated alkanes) is 7. The SMILES string of the molecule is CC(C)[Si](C#Cc1cc(CN=[N+]=[N-])cc(-c2cn(CCCCCCCCCCO)nn2)c1)(C(C)C)C(C)C. The first-order valence-electron chi connectivity index (χ1n) is 14.4. The third-order valence-corrected chi connectivity index (χ3v) is 14.0. The van der Waals surface area contributed by atoms with Gasteiger partial charge in [-0.2, -0.15) is 0 Å². The summed E-state index contributed by atoms with van der Waals surface area (Å²) in [5.41, 5.74) is 18.0. The molecule has 7 nitrogen and oxygen atoms in total. The van der Waals surface area contributed by atoms with Gasteiger partial charge in [-0.25, -0.2) is 0 Å². The molecule has 0 spiro atoms. The van der Waals surface area contributed by atoms with Crippen LogP contribution in [0, 0.1) is 11.5 Å². The van der Waals surface area contributed by atoms with Gasteiger partial charge in [0.1, 0.15) is 13.8 Å². The van der Waals surface area contributed by atoms with Crippen molar-refractivity contribution in [3.05, 3.63) is 46.0 Å². The zero-order valence-corrected chi connectivity index (χ0v) is 25.5. The van der Waals surface area contributed by atoms with Crippen LogP contribution in [0.5, 0.6) is 0 Å². The summed E-state index contributed by atoms with van der Waals surface area (Å²) in [5.74, 6) is 3.54. The molecule has 38 heavy (non-hydrogen) atoms. The Balaban J connectivity index is 2.16. The van der Waals surface area contributed by atoms with Crippen LogP contribution in [-0.2, 0) is 13.1 Å². The highest BCUT2D eigenvalue weighted by atomic mass is 28.3. The Labute approximate surface area is 231 Å². The molecule has 0 saturated heterocycles. The highest BCUT2D eigenvalue weighted by molar-refractivity contribution is 6.90. The Hall–Kier alpha value is -2.59. The lowest BCUT2D eigenvalue weighted by atomic mass is 10.0. The fraction of sp³-hybridized carbons (Fsp3) is 0.667. The molecule has 1 N–H and O–H groups in total.